The first kappa shape index (κ1) is 19.2. The summed E-state index contributed by atoms with van der Waals surface area (Å²) in [6.45, 7) is 9.09. The van der Waals surface area contributed by atoms with E-state index < -0.39 is 0 Å². The fourth-order valence-corrected chi connectivity index (χ4v) is 3.23. The Morgan fingerprint density at radius 2 is 1.93 bits per heavy atom. The van der Waals surface area contributed by atoms with E-state index in [1.165, 1.54) is 0 Å². The molecule has 1 aliphatic rings. The zero-order valence-electron chi connectivity index (χ0n) is 16.0. The van der Waals surface area contributed by atoms with Gasteiger partial charge in [0.2, 0.25) is 0 Å². The minimum atomic E-state index is -0.127. The summed E-state index contributed by atoms with van der Waals surface area (Å²) in [5, 5.41) is 3.40. The number of hydrogen-bond donors (Lipinski definition) is 1. The van der Waals surface area contributed by atoms with Gasteiger partial charge in [-0.1, -0.05) is 19.9 Å². The minimum absolute atomic E-state index is 0.127. The summed E-state index contributed by atoms with van der Waals surface area (Å²) in [5.41, 5.74) is 2.74. The molecule has 1 aromatic carbocycles. The van der Waals surface area contributed by atoms with Crippen molar-refractivity contribution in [2.24, 2.45) is 5.92 Å². The lowest BCUT2D eigenvalue weighted by molar-refractivity contribution is -0.122. The van der Waals surface area contributed by atoms with Crippen LogP contribution >= 0.6 is 12.2 Å². The monoisotopic (exact) mass is 384 g/mol. The van der Waals surface area contributed by atoms with Crippen LogP contribution in [0.4, 0.5) is 0 Å². The number of aryl methyl sites for hydroxylation is 2. The van der Waals surface area contributed by atoms with Crippen LogP contribution in [0.25, 0.3) is 6.08 Å². The summed E-state index contributed by atoms with van der Waals surface area (Å²) >= 11 is 5.25. The van der Waals surface area contributed by atoms with Gasteiger partial charge in [-0.05, 0) is 67.4 Å². The molecule has 1 aliphatic heterocycles. The van der Waals surface area contributed by atoms with Crippen LogP contribution in [0.5, 0.6) is 5.75 Å². The molecular weight excluding hydrogens is 360 g/mol. The van der Waals surface area contributed by atoms with Gasteiger partial charge in [0.25, 0.3) is 5.91 Å². The second-order valence-electron chi connectivity index (χ2n) is 7.21. The van der Waals surface area contributed by atoms with Gasteiger partial charge in [0.1, 0.15) is 29.6 Å². The zero-order chi connectivity index (χ0) is 19.6. The molecule has 1 fully saturated rings. The molecule has 0 bridgehead atoms. The number of amides is 1. The number of rotatable bonds is 6. The van der Waals surface area contributed by atoms with E-state index in [9.17, 15) is 4.79 Å². The summed E-state index contributed by atoms with van der Waals surface area (Å²) in [5.74, 6) is 2.29. The number of carbonyl (C=O) groups excluding carboxylic acids is 1. The molecule has 5 nitrogen and oxygen atoms in total. The zero-order valence-corrected chi connectivity index (χ0v) is 16.9. The summed E-state index contributed by atoms with van der Waals surface area (Å²) in [6, 6.07) is 9.74. The predicted molar refractivity (Wildman–Crippen MR) is 109 cm³/mol. The van der Waals surface area contributed by atoms with Crippen molar-refractivity contribution >= 4 is 29.3 Å². The van der Waals surface area contributed by atoms with Crippen molar-refractivity contribution in [3.05, 3.63) is 58.7 Å². The van der Waals surface area contributed by atoms with Gasteiger partial charge < -0.3 is 14.5 Å². The van der Waals surface area contributed by atoms with Gasteiger partial charge in [0, 0.05) is 12.6 Å². The molecule has 1 N–H and O–H groups in total. The second-order valence-corrected chi connectivity index (χ2v) is 7.60. The Morgan fingerprint density at radius 3 is 2.59 bits per heavy atom. The van der Waals surface area contributed by atoms with Crippen LogP contribution in [0.3, 0.4) is 0 Å². The van der Waals surface area contributed by atoms with E-state index in [-0.39, 0.29) is 5.91 Å². The largest absolute Gasteiger partial charge is 0.486 e. The lowest BCUT2D eigenvalue weighted by Gasteiger charge is -2.15. The highest BCUT2D eigenvalue weighted by Crippen LogP contribution is 2.20. The number of thiocarbonyl (C=S) groups is 1. The van der Waals surface area contributed by atoms with Crippen LogP contribution < -0.4 is 10.1 Å². The van der Waals surface area contributed by atoms with Crippen molar-refractivity contribution < 1.29 is 13.9 Å². The summed E-state index contributed by atoms with van der Waals surface area (Å²) in [4.78, 5) is 14.1. The Balaban J connectivity index is 1.66. The van der Waals surface area contributed by atoms with Gasteiger partial charge in [0.15, 0.2) is 5.11 Å². The minimum Gasteiger partial charge on any atom is -0.486 e. The molecule has 6 heteroatoms. The molecule has 142 valence electrons. The van der Waals surface area contributed by atoms with Crippen LogP contribution in [-0.4, -0.2) is 22.5 Å². The van der Waals surface area contributed by atoms with Crippen molar-refractivity contribution in [2.45, 2.75) is 34.3 Å². The van der Waals surface area contributed by atoms with Crippen LogP contribution in [0.2, 0.25) is 0 Å². The standard InChI is InChI=1S/C21H24N2O3S/c1-13(2)11-23-20(24)19(22-21(23)27)10-16-5-6-17(26-16)12-25-18-8-14(3)7-15(4)9-18/h5-10,13H,11-12H2,1-4H3,(H,22,27)/b19-10+. The Kier molecular flexibility index (Phi) is 5.65. The number of nitrogens with zero attached hydrogens (tertiary/aromatic N) is 1. The number of carbonyl (C=O) groups is 1. The van der Waals surface area contributed by atoms with E-state index in [2.05, 4.69) is 11.4 Å². The number of benzene rings is 1. The summed E-state index contributed by atoms with van der Waals surface area (Å²) in [7, 11) is 0. The highest BCUT2D eigenvalue weighted by atomic mass is 32.1. The molecule has 0 unspecified atom stereocenters. The number of furan rings is 1. The highest BCUT2D eigenvalue weighted by molar-refractivity contribution is 7.80. The third-order valence-corrected chi connectivity index (χ3v) is 4.38. The molecule has 2 aromatic rings. The van der Waals surface area contributed by atoms with Crippen LogP contribution in [0.15, 0.2) is 40.4 Å². The van der Waals surface area contributed by atoms with Gasteiger partial charge in [-0.2, -0.15) is 0 Å². The third-order valence-electron chi connectivity index (χ3n) is 4.06. The predicted octanol–water partition coefficient (Wildman–Crippen LogP) is 4.19. The Labute approximate surface area is 165 Å². The lowest BCUT2D eigenvalue weighted by atomic mass is 10.1. The molecule has 3 rings (SSSR count). The van der Waals surface area contributed by atoms with Crippen molar-refractivity contribution in [1.29, 1.82) is 0 Å². The first-order valence-electron chi connectivity index (χ1n) is 8.96. The molecule has 0 aliphatic carbocycles. The molecule has 1 amide bonds. The molecular formula is C21H24N2O3S. The topological polar surface area (TPSA) is 54.7 Å². The average molecular weight is 385 g/mol. The van der Waals surface area contributed by atoms with E-state index in [0.717, 1.165) is 16.9 Å². The highest BCUT2D eigenvalue weighted by Gasteiger charge is 2.31. The molecule has 27 heavy (non-hydrogen) atoms. The Bertz CT molecular complexity index is 878. The molecule has 1 aromatic heterocycles. The maximum absolute atomic E-state index is 12.5. The summed E-state index contributed by atoms with van der Waals surface area (Å²) < 4.78 is 11.6. The fourth-order valence-electron chi connectivity index (χ4n) is 2.97. The fraction of sp³-hybridized carbons (Fsp3) is 0.333. The second kappa shape index (κ2) is 7.96. The van der Waals surface area contributed by atoms with Crippen LogP contribution in [0, 0.1) is 19.8 Å². The first-order chi connectivity index (χ1) is 12.8. The maximum atomic E-state index is 12.5. The Hall–Kier alpha value is -2.60. The lowest BCUT2D eigenvalue weighted by Crippen LogP contribution is -2.33. The molecule has 2 heterocycles. The molecule has 1 saturated heterocycles. The van der Waals surface area contributed by atoms with Crippen LogP contribution in [0.1, 0.15) is 36.5 Å². The quantitative estimate of drug-likeness (QED) is 0.598. The molecule has 0 atom stereocenters. The molecule has 0 radical (unpaired) electrons. The first-order valence-corrected chi connectivity index (χ1v) is 9.37. The van der Waals surface area contributed by atoms with E-state index >= 15 is 0 Å². The van der Waals surface area contributed by atoms with Crippen LogP contribution in [-0.2, 0) is 11.4 Å². The van der Waals surface area contributed by atoms with Crippen molar-refractivity contribution in [2.75, 3.05) is 6.54 Å². The van der Waals surface area contributed by atoms with Gasteiger partial charge in [0.05, 0.1) is 0 Å². The third kappa shape index (κ3) is 4.77. The van der Waals surface area contributed by atoms with Gasteiger partial charge in [-0.15, -0.1) is 0 Å². The SMILES string of the molecule is Cc1cc(C)cc(OCc2ccc(/C=C3/NC(=S)N(CC(C)C)C3=O)o2)c1. The van der Waals surface area contributed by atoms with Crippen molar-refractivity contribution in [1.82, 2.24) is 10.2 Å². The molecule has 0 saturated carbocycles. The van der Waals surface area contributed by atoms with Crippen molar-refractivity contribution in [3.63, 3.8) is 0 Å². The summed E-state index contributed by atoms with van der Waals surface area (Å²) in [6.07, 6.45) is 1.68. The van der Waals surface area contributed by atoms with Gasteiger partial charge >= 0.3 is 0 Å². The van der Waals surface area contributed by atoms with Gasteiger partial charge in [-0.3, -0.25) is 9.69 Å². The smallest absolute Gasteiger partial charge is 0.276 e. The van der Waals surface area contributed by atoms with E-state index in [0.29, 0.717) is 41.4 Å². The normalized spacial score (nSPS) is 15.7. The van der Waals surface area contributed by atoms with E-state index in [1.807, 2.05) is 52.0 Å². The van der Waals surface area contributed by atoms with E-state index in [4.69, 9.17) is 21.4 Å². The maximum Gasteiger partial charge on any atom is 0.276 e. The van der Waals surface area contributed by atoms with Crippen molar-refractivity contribution in [3.8, 4) is 5.75 Å². The molecule has 0 spiro atoms. The van der Waals surface area contributed by atoms with E-state index in [1.54, 1.807) is 11.0 Å². The number of hydrogen-bond acceptors (Lipinski definition) is 4. The van der Waals surface area contributed by atoms with Gasteiger partial charge in [-0.25, -0.2) is 0 Å². The average Bonchev–Trinajstić information content (AvgIpc) is 3.12. The number of ether oxygens (including phenoxy) is 1. The Morgan fingerprint density at radius 1 is 1.22 bits per heavy atom. The number of nitrogens with one attached hydrogen (secondary N) is 1.